The number of nitro benzene ring substituents is 1. The number of rotatable bonds is 6. The number of benzene rings is 3. The summed E-state index contributed by atoms with van der Waals surface area (Å²) in [7, 11) is 1.34. The lowest BCUT2D eigenvalue weighted by molar-refractivity contribution is -0.385. The van der Waals surface area contributed by atoms with E-state index in [1.54, 1.807) is 12.3 Å². The molecule has 3 aromatic rings. The molecule has 0 bridgehead atoms. The average molecular weight is 465 g/mol. The zero-order valence-electron chi connectivity index (χ0n) is 16.8. The van der Waals surface area contributed by atoms with Crippen molar-refractivity contribution < 1.29 is 27.6 Å². The lowest BCUT2D eigenvalue weighted by Gasteiger charge is -2.14. The minimum atomic E-state index is -4.74. The third kappa shape index (κ3) is 5.17. The van der Waals surface area contributed by atoms with E-state index in [2.05, 4.69) is 4.99 Å². The van der Waals surface area contributed by atoms with Crippen molar-refractivity contribution in [3.63, 3.8) is 0 Å². The van der Waals surface area contributed by atoms with E-state index in [4.69, 9.17) is 21.1 Å². The number of aliphatic imine (C=N–C) groups is 1. The first-order valence-corrected chi connectivity index (χ1v) is 9.48. The largest absolute Gasteiger partial charge is 0.493 e. The van der Waals surface area contributed by atoms with Crippen molar-refractivity contribution in [1.82, 2.24) is 0 Å². The summed E-state index contributed by atoms with van der Waals surface area (Å²) in [6, 6.07) is 12.5. The molecule has 32 heavy (non-hydrogen) atoms. The highest BCUT2D eigenvalue weighted by atomic mass is 35.5. The van der Waals surface area contributed by atoms with Gasteiger partial charge in [-0.1, -0.05) is 29.8 Å². The molecule has 0 aromatic heterocycles. The first-order chi connectivity index (χ1) is 15.1. The summed E-state index contributed by atoms with van der Waals surface area (Å²) in [6.07, 6.45) is -3.18. The molecule has 3 aromatic carbocycles. The Bertz CT molecular complexity index is 1200. The van der Waals surface area contributed by atoms with Gasteiger partial charge in [-0.2, -0.15) is 13.2 Å². The van der Waals surface area contributed by atoms with E-state index >= 15 is 0 Å². The van der Waals surface area contributed by atoms with Crippen molar-refractivity contribution in [3.05, 3.63) is 86.4 Å². The fourth-order valence-corrected chi connectivity index (χ4v) is 3.06. The van der Waals surface area contributed by atoms with Crippen LogP contribution in [-0.2, 0) is 6.18 Å². The van der Waals surface area contributed by atoms with Crippen LogP contribution in [0.3, 0.4) is 0 Å². The van der Waals surface area contributed by atoms with Gasteiger partial charge < -0.3 is 9.47 Å². The summed E-state index contributed by atoms with van der Waals surface area (Å²) in [4.78, 5) is 14.7. The van der Waals surface area contributed by atoms with Gasteiger partial charge in [0.25, 0.3) is 0 Å². The van der Waals surface area contributed by atoms with Crippen LogP contribution in [0.15, 0.2) is 59.6 Å². The molecule has 0 N–H and O–H groups in total. The van der Waals surface area contributed by atoms with Gasteiger partial charge in [0, 0.05) is 12.3 Å². The maximum Gasteiger partial charge on any atom is 0.416 e. The Balaban J connectivity index is 1.97. The Morgan fingerprint density at radius 2 is 1.81 bits per heavy atom. The monoisotopic (exact) mass is 464 g/mol. The number of nitrogens with zero attached hydrogens (tertiary/aromatic N) is 2. The van der Waals surface area contributed by atoms with Gasteiger partial charge in [0.05, 0.1) is 28.3 Å². The molecule has 0 radical (unpaired) electrons. The van der Waals surface area contributed by atoms with E-state index in [1.165, 1.54) is 13.2 Å². The molecular weight excluding hydrogens is 449 g/mol. The lowest BCUT2D eigenvalue weighted by Crippen LogP contribution is -2.06. The van der Waals surface area contributed by atoms with Crippen LogP contribution in [0, 0.1) is 17.0 Å². The molecule has 0 fully saturated rings. The normalized spacial score (nSPS) is 11.6. The first kappa shape index (κ1) is 23.1. The van der Waals surface area contributed by atoms with Crippen LogP contribution < -0.4 is 9.47 Å². The first-order valence-electron chi connectivity index (χ1n) is 9.11. The summed E-state index contributed by atoms with van der Waals surface area (Å²) in [5, 5.41) is 11.3. The zero-order chi connectivity index (χ0) is 23.5. The molecule has 0 unspecified atom stereocenters. The fraction of sp³-hybridized carbons (Fsp3) is 0.136. The van der Waals surface area contributed by atoms with Gasteiger partial charge in [-0.25, -0.2) is 0 Å². The highest BCUT2D eigenvalue weighted by Crippen LogP contribution is 2.43. The SMILES string of the molecule is COc1cc(C=Nc2ccccc2C)cc(Cl)c1Oc1ccc(C(F)(F)F)cc1[N+](=O)[O-]. The van der Waals surface area contributed by atoms with Crippen molar-refractivity contribution in [2.75, 3.05) is 7.11 Å². The number of nitro groups is 1. The van der Waals surface area contributed by atoms with Crippen LogP contribution in [0.2, 0.25) is 5.02 Å². The van der Waals surface area contributed by atoms with E-state index in [1.807, 2.05) is 31.2 Å². The van der Waals surface area contributed by atoms with Crippen molar-refractivity contribution in [3.8, 4) is 17.2 Å². The summed E-state index contributed by atoms with van der Waals surface area (Å²) < 4.78 is 49.6. The minimum Gasteiger partial charge on any atom is -0.493 e. The smallest absolute Gasteiger partial charge is 0.416 e. The Labute approximate surface area is 186 Å². The van der Waals surface area contributed by atoms with E-state index in [0.29, 0.717) is 17.7 Å². The topological polar surface area (TPSA) is 74.0 Å². The van der Waals surface area contributed by atoms with Gasteiger partial charge in [0.2, 0.25) is 5.75 Å². The quantitative estimate of drug-likeness (QED) is 0.221. The van der Waals surface area contributed by atoms with Crippen LogP contribution in [0.25, 0.3) is 0 Å². The second-order valence-electron chi connectivity index (χ2n) is 6.62. The summed E-state index contributed by atoms with van der Waals surface area (Å²) in [5.74, 6) is -0.368. The molecule has 166 valence electrons. The molecule has 0 spiro atoms. The summed E-state index contributed by atoms with van der Waals surface area (Å²) in [6.45, 7) is 1.91. The third-order valence-corrected chi connectivity index (χ3v) is 4.70. The number of alkyl halides is 3. The molecule has 10 heteroatoms. The molecule has 0 aliphatic carbocycles. The van der Waals surface area contributed by atoms with Crippen molar-refractivity contribution >= 4 is 29.2 Å². The Morgan fingerprint density at radius 3 is 2.44 bits per heavy atom. The van der Waals surface area contributed by atoms with Gasteiger partial charge in [-0.15, -0.1) is 0 Å². The van der Waals surface area contributed by atoms with Gasteiger partial charge in [-0.05, 0) is 48.4 Å². The van der Waals surface area contributed by atoms with Crippen LogP contribution in [0.4, 0.5) is 24.5 Å². The number of methoxy groups -OCH3 is 1. The van der Waals surface area contributed by atoms with E-state index < -0.39 is 28.1 Å². The molecule has 0 heterocycles. The zero-order valence-corrected chi connectivity index (χ0v) is 17.6. The van der Waals surface area contributed by atoms with Crippen molar-refractivity contribution in [2.24, 2.45) is 4.99 Å². The summed E-state index contributed by atoms with van der Waals surface area (Å²) in [5.41, 5.74) is 0.254. The fourth-order valence-electron chi connectivity index (χ4n) is 2.80. The van der Waals surface area contributed by atoms with Crippen LogP contribution in [0.1, 0.15) is 16.7 Å². The van der Waals surface area contributed by atoms with Crippen LogP contribution >= 0.6 is 11.6 Å². The molecule has 0 amide bonds. The highest BCUT2D eigenvalue weighted by Gasteiger charge is 2.33. The molecule has 0 aliphatic heterocycles. The maximum atomic E-state index is 12.9. The second kappa shape index (κ2) is 9.27. The molecule has 0 atom stereocenters. The number of hydrogen-bond acceptors (Lipinski definition) is 5. The molecule has 0 saturated heterocycles. The molecule has 6 nitrogen and oxygen atoms in total. The Kier molecular flexibility index (Phi) is 6.69. The Hall–Kier alpha value is -3.59. The number of para-hydroxylation sites is 1. The van der Waals surface area contributed by atoms with E-state index in [0.717, 1.165) is 17.3 Å². The predicted molar refractivity (Wildman–Crippen MR) is 115 cm³/mol. The van der Waals surface area contributed by atoms with Gasteiger partial charge in [0.15, 0.2) is 11.5 Å². The standard InChI is InChI=1S/C22H16ClF3N2O4/c1-13-5-3-4-6-17(13)27-12-14-9-16(23)21(20(10-14)31-2)32-19-8-7-15(22(24,25)26)11-18(19)28(29)30/h3-12H,1-2H3. The third-order valence-electron chi connectivity index (χ3n) is 4.41. The summed E-state index contributed by atoms with van der Waals surface area (Å²) >= 11 is 6.30. The number of hydrogen-bond donors (Lipinski definition) is 0. The molecule has 0 saturated carbocycles. The predicted octanol–water partition coefficient (Wildman–Crippen LogP) is 7.13. The van der Waals surface area contributed by atoms with E-state index in [9.17, 15) is 23.3 Å². The maximum absolute atomic E-state index is 12.9. The van der Waals surface area contributed by atoms with Crippen molar-refractivity contribution in [2.45, 2.75) is 13.1 Å². The van der Waals surface area contributed by atoms with E-state index in [-0.39, 0.29) is 16.5 Å². The lowest BCUT2D eigenvalue weighted by atomic mass is 10.1. The second-order valence-corrected chi connectivity index (χ2v) is 7.03. The minimum absolute atomic E-state index is 0.0322. The van der Waals surface area contributed by atoms with Gasteiger partial charge in [0.1, 0.15) is 0 Å². The van der Waals surface area contributed by atoms with Gasteiger partial charge in [-0.3, -0.25) is 15.1 Å². The molecular formula is C22H16ClF3N2O4. The van der Waals surface area contributed by atoms with Crippen LogP contribution in [-0.4, -0.2) is 18.2 Å². The van der Waals surface area contributed by atoms with Gasteiger partial charge >= 0.3 is 11.9 Å². The van der Waals surface area contributed by atoms with Crippen LogP contribution in [0.5, 0.6) is 17.2 Å². The number of halogens is 4. The number of ether oxygens (including phenoxy) is 2. The highest BCUT2D eigenvalue weighted by molar-refractivity contribution is 6.32. The average Bonchev–Trinajstić information content (AvgIpc) is 2.74. The van der Waals surface area contributed by atoms with Crippen molar-refractivity contribution in [1.29, 1.82) is 0 Å². The molecule has 3 rings (SSSR count). The molecule has 0 aliphatic rings. The number of aryl methyl sites for hydroxylation is 1. The Morgan fingerprint density at radius 1 is 1.09 bits per heavy atom.